The molecular formula is C17H30N2S. The zero-order valence-electron chi connectivity index (χ0n) is 13.5. The molecule has 0 bridgehead atoms. The molecule has 0 radical (unpaired) electrons. The third-order valence-electron chi connectivity index (χ3n) is 4.77. The summed E-state index contributed by atoms with van der Waals surface area (Å²) in [6.07, 6.45) is 7.75. The lowest BCUT2D eigenvalue weighted by Gasteiger charge is -2.39. The fraction of sp³-hybridized carbons (Fsp3) is 0.824. The molecule has 0 amide bonds. The molecular weight excluding hydrogens is 264 g/mol. The van der Waals surface area contributed by atoms with Gasteiger partial charge in [-0.3, -0.25) is 0 Å². The number of hydrogen-bond donors (Lipinski definition) is 1. The Balaban J connectivity index is 2.18. The normalized spacial score (nSPS) is 27.1. The predicted molar refractivity (Wildman–Crippen MR) is 88.4 cm³/mol. The van der Waals surface area contributed by atoms with Crippen LogP contribution in [0.4, 0.5) is 0 Å². The van der Waals surface area contributed by atoms with Crippen LogP contribution in [0.2, 0.25) is 0 Å². The molecule has 0 atom stereocenters. The number of aromatic nitrogens is 1. The maximum atomic E-state index is 4.97. The quantitative estimate of drug-likeness (QED) is 0.793. The first-order chi connectivity index (χ1) is 9.61. The number of hydrogen-bond acceptors (Lipinski definition) is 3. The van der Waals surface area contributed by atoms with Crippen LogP contribution >= 0.6 is 11.3 Å². The molecule has 1 saturated carbocycles. The average molecular weight is 295 g/mol. The van der Waals surface area contributed by atoms with Crippen LogP contribution in [0.5, 0.6) is 0 Å². The Morgan fingerprint density at radius 1 is 1.35 bits per heavy atom. The summed E-state index contributed by atoms with van der Waals surface area (Å²) in [4.78, 5) is 4.97. The van der Waals surface area contributed by atoms with Gasteiger partial charge in [0.15, 0.2) is 0 Å². The van der Waals surface area contributed by atoms with Gasteiger partial charge in [-0.05, 0) is 50.5 Å². The summed E-state index contributed by atoms with van der Waals surface area (Å²) in [6.45, 7) is 10.2. The van der Waals surface area contributed by atoms with Gasteiger partial charge in [0, 0.05) is 5.38 Å². The van der Waals surface area contributed by atoms with Crippen molar-refractivity contribution in [3.05, 3.63) is 16.1 Å². The van der Waals surface area contributed by atoms with Gasteiger partial charge in [-0.15, -0.1) is 11.3 Å². The predicted octanol–water partition coefficient (Wildman–Crippen LogP) is 5.06. The largest absolute Gasteiger partial charge is 0.305 e. The van der Waals surface area contributed by atoms with Gasteiger partial charge in [-0.25, -0.2) is 4.98 Å². The van der Waals surface area contributed by atoms with Gasteiger partial charge < -0.3 is 5.32 Å². The van der Waals surface area contributed by atoms with Crippen molar-refractivity contribution >= 4 is 11.3 Å². The van der Waals surface area contributed by atoms with Crippen molar-refractivity contribution in [1.29, 1.82) is 0 Å². The maximum absolute atomic E-state index is 4.97. The highest BCUT2D eigenvalue weighted by Crippen LogP contribution is 2.42. The van der Waals surface area contributed by atoms with Gasteiger partial charge in [0.25, 0.3) is 0 Å². The fourth-order valence-electron chi connectivity index (χ4n) is 3.18. The van der Waals surface area contributed by atoms with Crippen LogP contribution in [0.3, 0.4) is 0 Å². The molecule has 20 heavy (non-hydrogen) atoms. The van der Waals surface area contributed by atoms with Crippen molar-refractivity contribution < 1.29 is 0 Å². The standard InChI is InChI=1S/C17H30N2S/c1-5-11-18-17(9-7-14(6-2)8-10-17)16-19-15(12-20-16)13(3)4/h12-14,18H,5-11H2,1-4H3. The Bertz CT molecular complexity index is 403. The minimum absolute atomic E-state index is 0.166. The molecule has 0 unspecified atom stereocenters. The molecule has 114 valence electrons. The van der Waals surface area contributed by atoms with Crippen molar-refractivity contribution in [3.8, 4) is 0 Å². The van der Waals surface area contributed by atoms with Gasteiger partial charge in [-0.1, -0.05) is 34.1 Å². The second-order valence-corrected chi connectivity index (χ2v) is 7.45. The molecule has 1 aromatic rings. The summed E-state index contributed by atoms with van der Waals surface area (Å²) in [5.41, 5.74) is 1.43. The SMILES string of the molecule is CCCNC1(c2nc(C(C)C)cs2)CCC(CC)CC1. The van der Waals surface area contributed by atoms with Crippen molar-refractivity contribution in [2.45, 2.75) is 77.7 Å². The first-order valence-corrected chi connectivity index (χ1v) is 9.20. The lowest BCUT2D eigenvalue weighted by molar-refractivity contribution is 0.185. The van der Waals surface area contributed by atoms with Crippen LogP contribution in [0.25, 0.3) is 0 Å². The summed E-state index contributed by atoms with van der Waals surface area (Å²) in [5.74, 6) is 1.46. The summed E-state index contributed by atoms with van der Waals surface area (Å²) >= 11 is 1.87. The van der Waals surface area contributed by atoms with Crippen LogP contribution in [-0.2, 0) is 5.54 Å². The van der Waals surface area contributed by atoms with E-state index in [0.717, 1.165) is 12.5 Å². The molecule has 0 spiro atoms. The zero-order valence-corrected chi connectivity index (χ0v) is 14.4. The zero-order chi connectivity index (χ0) is 14.6. The molecule has 0 aliphatic heterocycles. The van der Waals surface area contributed by atoms with Crippen LogP contribution in [-0.4, -0.2) is 11.5 Å². The molecule has 2 nitrogen and oxygen atoms in total. The molecule has 1 aliphatic rings. The lowest BCUT2D eigenvalue weighted by atomic mass is 9.75. The number of rotatable bonds is 6. The molecule has 3 heteroatoms. The second kappa shape index (κ2) is 7.04. The van der Waals surface area contributed by atoms with E-state index in [1.54, 1.807) is 0 Å². The van der Waals surface area contributed by atoms with E-state index in [-0.39, 0.29) is 5.54 Å². The van der Waals surface area contributed by atoms with Crippen LogP contribution < -0.4 is 5.32 Å². The highest BCUT2D eigenvalue weighted by Gasteiger charge is 2.38. The Morgan fingerprint density at radius 2 is 2.05 bits per heavy atom. The molecule has 0 saturated heterocycles. The topological polar surface area (TPSA) is 24.9 Å². The summed E-state index contributed by atoms with van der Waals surface area (Å²) in [5, 5.41) is 7.45. The van der Waals surface area contributed by atoms with Crippen LogP contribution in [0, 0.1) is 5.92 Å². The van der Waals surface area contributed by atoms with E-state index in [2.05, 4.69) is 38.4 Å². The van der Waals surface area contributed by atoms with E-state index < -0.39 is 0 Å². The van der Waals surface area contributed by atoms with Crippen molar-refractivity contribution in [2.75, 3.05) is 6.54 Å². The third-order valence-corrected chi connectivity index (χ3v) is 5.84. The lowest BCUT2D eigenvalue weighted by Crippen LogP contribution is -2.45. The molecule has 0 aromatic carbocycles. The number of thiazole rings is 1. The van der Waals surface area contributed by atoms with Crippen molar-refractivity contribution in [2.24, 2.45) is 5.92 Å². The fourth-order valence-corrected chi connectivity index (χ4v) is 4.40. The molecule has 2 rings (SSSR count). The van der Waals surface area contributed by atoms with Gasteiger partial charge in [-0.2, -0.15) is 0 Å². The van der Waals surface area contributed by atoms with E-state index in [9.17, 15) is 0 Å². The van der Waals surface area contributed by atoms with E-state index in [4.69, 9.17) is 4.98 Å². The van der Waals surface area contributed by atoms with Crippen LogP contribution in [0.1, 0.15) is 82.8 Å². The van der Waals surface area contributed by atoms with Gasteiger partial charge >= 0.3 is 0 Å². The van der Waals surface area contributed by atoms with E-state index in [1.807, 2.05) is 11.3 Å². The average Bonchev–Trinajstić information content (AvgIpc) is 2.96. The minimum atomic E-state index is 0.166. The van der Waals surface area contributed by atoms with Gasteiger partial charge in [0.05, 0.1) is 11.2 Å². The van der Waals surface area contributed by atoms with Crippen molar-refractivity contribution in [1.82, 2.24) is 10.3 Å². The molecule has 1 heterocycles. The van der Waals surface area contributed by atoms with Crippen LogP contribution in [0.15, 0.2) is 5.38 Å². The number of nitrogens with one attached hydrogen (secondary N) is 1. The van der Waals surface area contributed by atoms with E-state index >= 15 is 0 Å². The van der Waals surface area contributed by atoms with Gasteiger partial charge in [0.2, 0.25) is 0 Å². The molecule has 1 aromatic heterocycles. The molecule has 1 N–H and O–H groups in total. The highest BCUT2D eigenvalue weighted by molar-refractivity contribution is 7.09. The Hall–Kier alpha value is -0.410. The van der Waals surface area contributed by atoms with E-state index in [1.165, 1.54) is 49.2 Å². The first kappa shape index (κ1) is 16.0. The third kappa shape index (κ3) is 3.43. The maximum Gasteiger partial charge on any atom is 0.113 e. The van der Waals surface area contributed by atoms with Crippen molar-refractivity contribution in [3.63, 3.8) is 0 Å². The summed E-state index contributed by atoms with van der Waals surface area (Å²) in [6, 6.07) is 0. The smallest absolute Gasteiger partial charge is 0.113 e. The monoisotopic (exact) mass is 294 g/mol. The van der Waals surface area contributed by atoms with E-state index in [0.29, 0.717) is 5.92 Å². The Labute approximate surface area is 128 Å². The Kier molecular flexibility index (Phi) is 5.62. The Morgan fingerprint density at radius 3 is 2.55 bits per heavy atom. The number of nitrogens with zero attached hydrogens (tertiary/aromatic N) is 1. The highest BCUT2D eigenvalue weighted by atomic mass is 32.1. The summed E-state index contributed by atoms with van der Waals surface area (Å²) in [7, 11) is 0. The molecule has 1 fully saturated rings. The minimum Gasteiger partial charge on any atom is -0.305 e. The second-order valence-electron chi connectivity index (χ2n) is 6.59. The molecule has 1 aliphatic carbocycles. The summed E-state index contributed by atoms with van der Waals surface area (Å²) < 4.78 is 0. The first-order valence-electron chi connectivity index (χ1n) is 8.32. The van der Waals surface area contributed by atoms with Gasteiger partial charge in [0.1, 0.15) is 5.01 Å².